The molecule has 0 heterocycles. The first-order valence-electron chi connectivity index (χ1n) is 8.06. The van der Waals surface area contributed by atoms with E-state index in [2.05, 4.69) is 73.8 Å². The molecule has 23 heavy (non-hydrogen) atoms. The van der Waals surface area contributed by atoms with Crippen LogP contribution in [0.5, 0.6) is 5.75 Å². The summed E-state index contributed by atoms with van der Waals surface area (Å²) < 4.78 is 5.23. The molecule has 3 aromatic carbocycles. The van der Waals surface area contributed by atoms with Gasteiger partial charge in [-0.15, -0.1) is 0 Å². The summed E-state index contributed by atoms with van der Waals surface area (Å²) in [5.74, 6) is 0.892. The van der Waals surface area contributed by atoms with E-state index in [9.17, 15) is 0 Å². The van der Waals surface area contributed by atoms with Gasteiger partial charge in [0.2, 0.25) is 0 Å². The van der Waals surface area contributed by atoms with E-state index in [0.717, 1.165) is 5.75 Å². The maximum absolute atomic E-state index is 5.23. The lowest BCUT2D eigenvalue weighted by atomic mass is 9.98. The molecule has 118 valence electrons. The minimum absolute atomic E-state index is 0.273. The molecule has 0 aliphatic carbocycles. The molecule has 2 unspecified atom stereocenters. The van der Waals surface area contributed by atoms with Crippen LogP contribution in [0.15, 0.2) is 66.7 Å². The molecule has 2 atom stereocenters. The SMILES string of the molecule is COc1ccc(C(C)NC(C)c2cccc3ccccc23)cc1. The number of benzene rings is 3. The fraction of sp³-hybridized carbons (Fsp3) is 0.238. The summed E-state index contributed by atoms with van der Waals surface area (Å²) in [6, 6.07) is 23.9. The lowest BCUT2D eigenvalue weighted by Gasteiger charge is -2.22. The Hall–Kier alpha value is -2.32. The molecule has 0 fully saturated rings. The summed E-state index contributed by atoms with van der Waals surface area (Å²) in [5, 5.41) is 6.31. The number of hydrogen-bond acceptors (Lipinski definition) is 2. The van der Waals surface area contributed by atoms with Crippen molar-refractivity contribution >= 4 is 10.8 Å². The van der Waals surface area contributed by atoms with Crippen LogP contribution in [0.2, 0.25) is 0 Å². The summed E-state index contributed by atoms with van der Waals surface area (Å²) in [6.45, 7) is 4.42. The Balaban J connectivity index is 1.80. The normalized spacial score (nSPS) is 13.7. The molecule has 0 spiro atoms. The monoisotopic (exact) mass is 305 g/mol. The van der Waals surface area contributed by atoms with Gasteiger partial charge in [0.1, 0.15) is 5.75 Å². The number of rotatable bonds is 5. The van der Waals surface area contributed by atoms with Crippen molar-refractivity contribution in [1.29, 1.82) is 0 Å². The largest absolute Gasteiger partial charge is 0.497 e. The third-order valence-corrected chi connectivity index (χ3v) is 4.41. The second kappa shape index (κ2) is 6.84. The van der Waals surface area contributed by atoms with E-state index >= 15 is 0 Å². The standard InChI is InChI=1S/C21H23NO/c1-15(17-11-13-19(23-3)14-12-17)22-16(2)20-10-6-8-18-7-4-5-9-21(18)20/h4-16,22H,1-3H3. The van der Waals surface area contributed by atoms with Crippen LogP contribution in [0.4, 0.5) is 0 Å². The first-order valence-corrected chi connectivity index (χ1v) is 8.06. The van der Waals surface area contributed by atoms with Gasteiger partial charge in [0.05, 0.1) is 7.11 Å². The van der Waals surface area contributed by atoms with Crippen LogP contribution in [0, 0.1) is 0 Å². The molecule has 2 heteroatoms. The highest BCUT2D eigenvalue weighted by Gasteiger charge is 2.13. The fourth-order valence-corrected chi connectivity index (χ4v) is 3.08. The van der Waals surface area contributed by atoms with Crippen LogP contribution in [-0.4, -0.2) is 7.11 Å². The van der Waals surface area contributed by atoms with Crippen molar-refractivity contribution in [3.63, 3.8) is 0 Å². The van der Waals surface area contributed by atoms with Gasteiger partial charge in [0.15, 0.2) is 0 Å². The lowest BCUT2D eigenvalue weighted by Crippen LogP contribution is -2.22. The number of fused-ring (bicyclic) bond motifs is 1. The van der Waals surface area contributed by atoms with E-state index in [1.165, 1.54) is 21.9 Å². The number of ether oxygens (including phenoxy) is 1. The maximum atomic E-state index is 5.23. The highest BCUT2D eigenvalue weighted by molar-refractivity contribution is 5.86. The van der Waals surface area contributed by atoms with Crippen LogP contribution in [-0.2, 0) is 0 Å². The highest BCUT2D eigenvalue weighted by atomic mass is 16.5. The molecule has 1 N–H and O–H groups in total. The lowest BCUT2D eigenvalue weighted by molar-refractivity contribution is 0.414. The van der Waals surface area contributed by atoms with Gasteiger partial charge in [-0.3, -0.25) is 0 Å². The Morgan fingerprint density at radius 2 is 1.48 bits per heavy atom. The van der Waals surface area contributed by atoms with Gasteiger partial charge < -0.3 is 10.1 Å². The van der Waals surface area contributed by atoms with Crippen molar-refractivity contribution in [2.75, 3.05) is 7.11 Å². The summed E-state index contributed by atoms with van der Waals surface area (Å²) >= 11 is 0. The minimum Gasteiger partial charge on any atom is -0.497 e. The smallest absolute Gasteiger partial charge is 0.118 e. The molecule has 3 aromatic rings. The van der Waals surface area contributed by atoms with Crippen molar-refractivity contribution in [1.82, 2.24) is 5.32 Å². The Morgan fingerprint density at radius 1 is 0.783 bits per heavy atom. The molecule has 0 amide bonds. The van der Waals surface area contributed by atoms with Gasteiger partial charge in [-0.1, -0.05) is 54.6 Å². The van der Waals surface area contributed by atoms with Gasteiger partial charge in [-0.25, -0.2) is 0 Å². The molecule has 0 radical (unpaired) electrons. The van der Waals surface area contributed by atoms with Crippen LogP contribution in [0.3, 0.4) is 0 Å². The first-order chi connectivity index (χ1) is 11.2. The van der Waals surface area contributed by atoms with Crippen LogP contribution < -0.4 is 10.1 Å². The summed E-state index contributed by atoms with van der Waals surface area (Å²) in [5.41, 5.74) is 2.60. The van der Waals surface area contributed by atoms with Gasteiger partial charge in [-0.2, -0.15) is 0 Å². The fourth-order valence-electron chi connectivity index (χ4n) is 3.08. The third kappa shape index (κ3) is 3.38. The van der Waals surface area contributed by atoms with Gasteiger partial charge >= 0.3 is 0 Å². The molecule has 2 nitrogen and oxygen atoms in total. The van der Waals surface area contributed by atoms with Crippen molar-refractivity contribution in [2.24, 2.45) is 0 Å². The molecular formula is C21H23NO. The number of nitrogens with one attached hydrogen (secondary N) is 1. The van der Waals surface area contributed by atoms with E-state index in [-0.39, 0.29) is 12.1 Å². The predicted molar refractivity (Wildman–Crippen MR) is 96.9 cm³/mol. The van der Waals surface area contributed by atoms with E-state index in [4.69, 9.17) is 4.74 Å². The van der Waals surface area contributed by atoms with Gasteiger partial charge in [0.25, 0.3) is 0 Å². The Morgan fingerprint density at radius 3 is 2.22 bits per heavy atom. The first kappa shape index (κ1) is 15.6. The van der Waals surface area contributed by atoms with Crippen molar-refractivity contribution in [3.8, 4) is 5.75 Å². The van der Waals surface area contributed by atoms with Gasteiger partial charge in [0, 0.05) is 12.1 Å². The van der Waals surface area contributed by atoms with E-state index in [0.29, 0.717) is 0 Å². The Labute approximate surface area is 138 Å². The van der Waals surface area contributed by atoms with Crippen LogP contribution >= 0.6 is 0 Å². The summed E-state index contributed by atoms with van der Waals surface area (Å²) in [6.07, 6.45) is 0. The Kier molecular flexibility index (Phi) is 4.63. The van der Waals surface area contributed by atoms with Crippen LogP contribution in [0.1, 0.15) is 37.1 Å². The summed E-state index contributed by atoms with van der Waals surface area (Å²) in [7, 11) is 1.69. The zero-order valence-corrected chi connectivity index (χ0v) is 13.9. The zero-order valence-electron chi connectivity index (χ0n) is 13.9. The average Bonchev–Trinajstić information content (AvgIpc) is 2.61. The second-order valence-corrected chi connectivity index (χ2v) is 5.95. The number of hydrogen-bond donors (Lipinski definition) is 1. The third-order valence-electron chi connectivity index (χ3n) is 4.41. The number of methoxy groups -OCH3 is 1. The van der Waals surface area contributed by atoms with E-state index < -0.39 is 0 Å². The van der Waals surface area contributed by atoms with Crippen molar-refractivity contribution in [3.05, 3.63) is 77.9 Å². The zero-order chi connectivity index (χ0) is 16.2. The molecule has 0 aliphatic heterocycles. The molecule has 0 bridgehead atoms. The highest BCUT2D eigenvalue weighted by Crippen LogP contribution is 2.26. The molecule has 0 saturated carbocycles. The predicted octanol–water partition coefficient (Wildman–Crippen LogP) is 5.26. The quantitative estimate of drug-likeness (QED) is 0.694. The Bertz CT molecular complexity index is 774. The molecule has 0 aromatic heterocycles. The summed E-state index contributed by atoms with van der Waals surface area (Å²) in [4.78, 5) is 0. The molecule has 0 aliphatic rings. The van der Waals surface area contributed by atoms with Crippen LogP contribution in [0.25, 0.3) is 10.8 Å². The van der Waals surface area contributed by atoms with Gasteiger partial charge in [-0.05, 0) is 47.9 Å². The van der Waals surface area contributed by atoms with Crippen molar-refractivity contribution in [2.45, 2.75) is 25.9 Å². The molecule has 3 rings (SSSR count). The van der Waals surface area contributed by atoms with Crippen molar-refractivity contribution < 1.29 is 4.74 Å². The maximum Gasteiger partial charge on any atom is 0.118 e. The second-order valence-electron chi connectivity index (χ2n) is 5.95. The topological polar surface area (TPSA) is 21.3 Å². The molecular weight excluding hydrogens is 282 g/mol. The van der Waals surface area contributed by atoms with E-state index in [1.54, 1.807) is 7.11 Å². The van der Waals surface area contributed by atoms with E-state index in [1.807, 2.05) is 12.1 Å². The molecule has 0 saturated heterocycles. The average molecular weight is 305 g/mol. The minimum atomic E-state index is 0.273.